The Labute approximate surface area is 130 Å². The molecule has 0 fully saturated rings. The van der Waals surface area contributed by atoms with Crippen LogP contribution in [-0.2, 0) is 6.42 Å². The number of nitrogens with one attached hydrogen (secondary N) is 1. The summed E-state index contributed by atoms with van der Waals surface area (Å²) < 4.78 is 2.53. The molecule has 1 aromatic heterocycles. The molecule has 1 N–H and O–H groups in total. The van der Waals surface area contributed by atoms with E-state index in [0.717, 1.165) is 6.42 Å². The average Bonchev–Trinajstić information content (AvgIpc) is 3.05. The van der Waals surface area contributed by atoms with Crippen molar-refractivity contribution in [2.75, 3.05) is 5.32 Å². The number of benzene rings is 2. The summed E-state index contributed by atoms with van der Waals surface area (Å²) >= 11 is 5.35. The van der Waals surface area contributed by atoms with Crippen LogP contribution in [0.1, 0.15) is 23.6 Å². The number of rotatable bonds is 2. The number of hydrogen-bond donors (Lipinski definition) is 1. The second-order valence-electron chi connectivity index (χ2n) is 5.25. The van der Waals surface area contributed by atoms with Crippen LogP contribution in [0.15, 0.2) is 52.3 Å². The van der Waals surface area contributed by atoms with Gasteiger partial charge in [-0.3, -0.25) is 0 Å². The first-order valence-corrected chi connectivity index (χ1v) is 8.49. The van der Waals surface area contributed by atoms with E-state index in [2.05, 4.69) is 69.1 Å². The topological polar surface area (TPSA) is 12.0 Å². The van der Waals surface area contributed by atoms with E-state index in [4.69, 9.17) is 0 Å². The molecule has 1 heterocycles. The van der Waals surface area contributed by atoms with Crippen LogP contribution in [0.4, 0.5) is 5.69 Å². The molecule has 0 bridgehead atoms. The Bertz CT molecular complexity index is 778. The van der Waals surface area contributed by atoms with Gasteiger partial charge in [0, 0.05) is 14.9 Å². The summed E-state index contributed by atoms with van der Waals surface area (Å²) in [4.78, 5) is 0. The highest BCUT2D eigenvalue weighted by Gasteiger charge is 2.22. The van der Waals surface area contributed by atoms with E-state index in [-0.39, 0.29) is 0 Å². The van der Waals surface area contributed by atoms with Crippen molar-refractivity contribution in [3.8, 4) is 0 Å². The van der Waals surface area contributed by atoms with Crippen molar-refractivity contribution in [3.05, 3.63) is 63.4 Å². The van der Waals surface area contributed by atoms with Crippen LogP contribution in [-0.4, -0.2) is 0 Å². The van der Waals surface area contributed by atoms with Gasteiger partial charge in [0.2, 0.25) is 0 Å². The number of hydrogen-bond acceptors (Lipinski definition) is 2. The maximum absolute atomic E-state index is 3.69. The Morgan fingerprint density at radius 2 is 2.05 bits per heavy atom. The number of fused-ring (bicyclic) bond motifs is 2. The minimum absolute atomic E-state index is 0.439. The van der Waals surface area contributed by atoms with Crippen LogP contribution in [0.2, 0.25) is 0 Å². The summed E-state index contributed by atoms with van der Waals surface area (Å²) in [6, 6.07) is 15.9. The smallest absolute Gasteiger partial charge is 0.0519 e. The molecule has 1 aliphatic carbocycles. The predicted octanol–water partition coefficient (Wildman–Crippen LogP) is 5.76. The molecule has 0 saturated heterocycles. The third-order valence-corrected chi connectivity index (χ3v) is 5.37. The summed E-state index contributed by atoms with van der Waals surface area (Å²) in [5.74, 6) is 0. The number of halogens is 1. The van der Waals surface area contributed by atoms with Crippen molar-refractivity contribution in [3.63, 3.8) is 0 Å². The van der Waals surface area contributed by atoms with Gasteiger partial charge in [0.25, 0.3) is 0 Å². The molecule has 4 rings (SSSR count). The summed E-state index contributed by atoms with van der Waals surface area (Å²) in [7, 11) is 0. The van der Waals surface area contributed by atoms with Crippen molar-refractivity contribution in [1.29, 1.82) is 0 Å². The Morgan fingerprint density at radius 1 is 1.10 bits per heavy atom. The van der Waals surface area contributed by atoms with Gasteiger partial charge in [-0.1, -0.05) is 22.0 Å². The summed E-state index contributed by atoms with van der Waals surface area (Å²) in [6.45, 7) is 0. The van der Waals surface area contributed by atoms with Crippen LogP contribution in [0.25, 0.3) is 10.1 Å². The van der Waals surface area contributed by atoms with Crippen molar-refractivity contribution >= 4 is 43.0 Å². The summed E-state index contributed by atoms with van der Waals surface area (Å²) in [6.07, 6.45) is 2.33. The van der Waals surface area contributed by atoms with E-state index in [1.807, 2.05) is 0 Å². The van der Waals surface area contributed by atoms with Gasteiger partial charge < -0.3 is 5.32 Å². The first kappa shape index (κ1) is 12.4. The lowest BCUT2D eigenvalue weighted by Crippen LogP contribution is -2.06. The minimum Gasteiger partial charge on any atom is -0.378 e. The molecule has 1 atom stereocenters. The zero-order chi connectivity index (χ0) is 13.5. The normalized spacial score (nSPS) is 17.4. The third-order valence-electron chi connectivity index (χ3n) is 3.98. The lowest BCUT2D eigenvalue weighted by molar-refractivity contribution is 0.762. The van der Waals surface area contributed by atoms with E-state index in [9.17, 15) is 0 Å². The largest absolute Gasteiger partial charge is 0.378 e. The standard InChI is InChI=1S/C17H14BrNS/c18-13-2-4-15-11(9-13)1-5-16(15)19-14-3-6-17-12(10-14)7-8-20-17/h2-4,6-10,16,19H,1,5H2. The lowest BCUT2D eigenvalue weighted by Gasteiger charge is -2.15. The Balaban J connectivity index is 1.64. The minimum atomic E-state index is 0.439. The quantitative estimate of drug-likeness (QED) is 0.623. The maximum atomic E-state index is 3.69. The first-order chi connectivity index (χ1) is 9.79. The fourth-order valence-corrected chi connectivity index (χ4v) is 4.17. The molecule has 20 heavy (non-hydrogen) atoms. The van der Waals surface area contributed by atoms with Gasteiger partial charge in [-0.2, -0.15) is 0 Å². The van der Waals surface area contributed by atoms with E-state index in [0.29, 0.717) is 6.04 Å². The van der Waals surface area contributed by atoms with Crippen LogP contribution in [0, 0.1) is 0 Å². The van der Waals surface area contributed by atoms with Gasteiger partial charge in [0.1, 0.15) is 0 Å². The molecule has 1 unspecified atom stereocenters. The highest BCUT2D eigenvalue weighted by atomic mass is 79.9. The van der Waals surface area contributed by atoms with Gasteiger partial charge >= 0.3 is 0 Å². The number of anilines is 1. The van der Waals surface area contributed by atoms with Crippen LogP contribution in [0.3, 0.4) is 0 Å². The molecule has 1 nitrogen and oxygen atoms in total. The number of thiophene rings is 1. The maximum Gasteiger partial charge on any atom is 0.0519 e. The second-order valence-corrected chi connectivity index (χ2v) is 7.12. The van der Waals surface area contributed by atoms with Crippen molar-refractivity contribution in [2.45, 2.75) is 18.9 Å². The van der Waals surface area contributed by atoms with Crippen molar-refractivity contribution in [2.24, 2.45) is 0 Å². The molecule has 0 aliphatic heterocycles. The van der Waals surface area contributed by atoms with Crippen molar-refractivity contribution in [1.82, 2.24) is 0 Å². The van der Waals surface area contributed by atoms with Crippen molar-refractivity contribution < 1.29 is 0 Å². The van der Waals surface area contributed by atoms with E-state index in [1.54, 1.807) is 11.3 Å². The molecule has 2 aromatic carbocycles. The zero-order valence-corrected chi connectivity index (χ0v) is 13.3. The third kappa shape index (κ3) is 2.15. The molecule has 100 valence electrons. The molecular weight excluding hydrogens is 330 g/mol. The fraction of sp³-hybridized carbons (Fsp3) is 0.176. The second kappa shape index (κ2) is 4.90. The molecule has 1 aliphatic rings. The van der Waals surface area contributed by atoms with Crippen LogP contribution >= 0.6 is 27.3 Å². The van der Waals surface area contributed by atoms with Crippen LogP contribution in [0.5, 0.6) is 0 Å². The SMILES string of the molecule is Brc1ccc2c(c1)CCC2Nc1ccc2sccc2c1. The predicted molar refractivity (Wildman–Crippen MR) is 90.7 cm³/mol. The molecule has 0 radical (unpaired) electrons. The Morgan fingerprint density at radius 3 is 3.00 bits per heavy atom. The lowest BCUT2D eigenvalue weighted by atomic mass is 10.1. The monoisotopic (exact) mass is 343 g/mol. The molecule has 0 spiro atoms. The van der Waals surface area contributed by atoms with Crippen LogP contribution < -0.4 is 5.32 Å². The Kier molecular flexibility index (Phi) is 3.04. The van der Waals surface area contributed by atoms with Gasteiger partial charge in [-0.15, -0.1) is 11.3 Å². The van der Waals surface area contributed by atoms with E-state index < -0.39 is 0 Å². The Hall–Kier alpha value is -1.32. The molecule has 0 amide bonds. The molecule has 3 aromatic rings. The fourth-order valence-electron chi connectivity index (χ4n) is 2.99. The molecular formula is C17H14BrNS. The summed E-state index contributed by atoms with van der Waals surface area (Å²) in [5, 5.41) is 7.17. The molecule has 3 heteroatoms. The van der Waals surface area contributed by atoms with E-state index in [1.165, 1.54) is 37.8 Å². The average molecular weight is 344 g/mol. The van der Waals surface area contributed by atoms with Gasteiger partial charge in [-0.05, 0) is 71.1 Å². The highest BCUT2D eigenvalue weighted by molar-refractivity contribution is 9.10. The highest BCUT2D eigenvalue weighted by Crippen LogP contribution is 2.36. The number of aryl methyl sites for hydroxylation is 1. The zero-order valence-electron chi connectivity index (χ0n) is 10.9. The van der Waals surface area contributed by atoms with E-state index >= 15 is 0 Å². The summed E-state index contributed by atoms with van der Waals surface area (Å²) in [5.41, 5.74) is 4.13. The van der Waals surface area contributed by atoms with Gasteiger partial charge in [0.05, 0.1) is 6.04 Å². The molecule has 0 saturated carbocycles. The van der Waals surface area contributed by atoms with Gasteiger partial charge in [-0.25, -0.2) is 0 Å². The first-order valence-electron chi connectivity index (χ1n) is 6.82. The van der Waals surface area contributed by atoms with Gasteiger partial charge in [0.15, 0.2) is 0 Å².